The lowest BCUT2D eigenvalue weighted by Gasteiger charge is -2.12. The third kappa shape index (κ3) is 4.46. The molecule has 0 aliphatic rings. The molecule has 0 N–H and O–H groups in total. The van der Waals surface area contributed by atoms with Gasteiger partial charge in [0.2, 0.25) is 6.67 Å². The van der Waals surface area contributed by atoms with Crippen LogP contribution in [-0.2, 0) is 0 Å². The second-order valence-corrected chi connectivity index (χ2v) is 1.66. The molecule has 0 fully saturated rings. The van der Waals surface area contributed by atoms with E-state index in [1.807, 2.05) is 0 Å². The van der Waals surface area contributed by atoms with Gasteiger partial charge in [0.1, 0.15) is 6.42 Å². The van der Waals surface area contributed by atoms with E-state index in [0.717, 1.165) is 0 Å². The SMILES string of the molecule is F[CH]C(F)(F)CC(F)(F)F. The maximum Gasteiger partial charge on any atom is 0.394 e. The molecule has 0 bridgehead atoms. The van der Waals surface area contributed by atoms with E-state index in [1.54, 1.807) is 0 Å². The quantitative estimate of drug-likeness (QED) is 0.552. The van der Waals surface area contributed by atoms with E-state index in [9.17, 15) is 26.3 Å². The molecule has 0 aromatic rings. The van der Waals surface area contributed by atoms with Crippen molar-refractivity contribution in [3.8, 4) is 0 Å². The van der Waals surface area contributed by atoms with Crippen molar-refractivity contribution in [2.45, 2.75) is 18.5 Å². The van der Waals surface area contributed by atoms with Gasteiger partial charge in [-0.3, -0.25) is 0 Å². The topological polar surface area (TPSA) is 0 Å². The van der Waals surface area contributed by atoms with Crippen LogP contribution in [0.5, 0.6) is 0 Å². The van der Waals surface area contributed by atoms with Gasteiger partial charge in [-0.05, 0) is 0 Å². The Morgan fingerprint density at radius 1 is 1.00 bits per heavy atom. The van der Waals surface area contributed by atoms with E-state index in [1.165, 1.54) is 0 Å². The van der Waals surface area contributed by atoms with E-state index in [4.69, 9.17) is 0 Å². The van der Waals surface area contributed by atoms with Crippen molar-refractivity contribution in [1.82, 2.24) is 0 Å². The molecule has 0 atom stereocenters. The maximum atomic E-state index is 11.5. The summed E-state index contributed by atoms with van der Waals surface area (Å²) in [6.07, 6.45) is -7.48. The Kier molecular flexibility index (Phi) is 2.56. The fraction of sp³-hybridized carbons (Fsp3) is 0.750. The van der Waals surface area contributed by atoms with Gasteiger partial charge in [-0.25, -0.2) is 13.2 Å². The van der Waals surface area contributed by atoms with Crippen molar-refractivity contribution in [2.75, 3.05) is 0 Å². The first kappa shape index (κ1) is 9.58. The summed E-state index contributed by atoms with van der Waals surface area (Å²) in [6, 6.07) is 0. The van der Waals surface area contributed by atoms with Gasteiger partial charge in [-0.1, -0.05) is 0 Å². The highest BCUT2D eigenvalue weighted by Gasteiger charge is 2.44. The molecule has 0 nitrogen and oxygen atoms in total. The molecule has 10 heavy (non-hydrogen) atoms. The second-order valence-electron chi connectivity index (χ2n) is 1.66. The molecule has 1 radical (unpaired) electrons. The van der Waals surface area contributed by atoms with Crippen LogP contribution >= 0.6 is 0 Å². The molecular formula is C4H3F6. The fourth-order valence-corrected chi connectivity index (χ4v) is 0.306. The molecule has 61 valence electrons. The Labute approximate surface area is 52.8 Å². The minimum absolute atomic E-state index is 1.26. The van der Waals surface area contributed by atoms with Gasteiger partial charge in [0.05, 0.1) is 0 Å². The fourth-order valence-electron chi connectivity index (χ4n) is 0.306. The zero-order valence-corrected chi connectivity index (χ0v) is 4.55. The first-order valence-electron chi connectivity index (χ1n) is 2.16. The standard InChI is InChI=1S/C4H3F6/c5-2-3(6,7)1-4(8,9)10/h2H,1H2. The Morgan fingerprint density at radius 3 is 1.50 bits per heavy atom. The number of hydrogen-bond donors (Lipinski definition) is 0. The Hall–Kier alpha value is -0.420. The Morgan fingerprint density at radius 2 is 1.40 bits per heavy atom. The first-order valence-corrected chi connectivity index (χ1v) is 2.16. The van der Waals surface area contributed by atoms with Crippen molar-refractivity contribution < 1.29 is 26.3 Å². The molecule has 0 aliphatic carbocycles. The van der Waals surface area contributed by atoms with Crippen LogP contribution < -0.4 is 0 Å². The molecule has 0 heterocycles. The molecular weight excluding hydrogens is 162 g/mol. The molecule has 0 amide bonds. The van der Waals surface area contributed by atoms with Crippen molar-refractivity contribution in [3.05, 3.63) is 6.67 Å². The molecule has 0 aliphatic heterocycles. The second kappa shape index (κ2) is 2.67. The highest BCUT2D eigenvalue weighted by atomic mass is 19.4. The van der Waals surface area contributed by atoms with Crippen LogP contribution in [0.1, 0.15) is 6.42 Å². The molecule has 0 saturated carbocycles. The summed E-state index contributed by atoms with van der Waals surface area (Å²) in [5, 5.41) is 0. The summed E-state index contributed by atoms with van der Waals surface area (Å²) in [5.74, 6) is -4.39. The maximum absolute atomic E-state index is 11.5. The highest BCUT2D eigenvalue weighted by Crippen LogP contribution is 2.33. The molecule has 0 aromatic carbocycles. The predicted octanol–water partition coefficient (Wildman–Crippen LogP) is 2.71. The van der Waals surface area contributed by atoms with Gasteiger partial charge in [0.15, 0.2) is 0 Å². The summed E-state index contributed by atoms with van der Waals surface area (Å²) >= 11 is 0. The summed E-state index contributed by atoms with van der Waals surface area (Å²) < 4.78 is 67.1. The van der Waals surface area contributed by atoms with Crippen LogP contribution in [0.4, 0.5) is 26.3 Å². The predicted molar refractivity (Wildman–Crippen MR) is 21.0 cm³/mol. The van der Waals surface area contributed by atoms with Gasteiger partial charge < -0.3 is 0 Å². The van der Waals surface area contributed by atoms with E-state index in [2.05, 4.69) is 0 Å². The summed E-state index contributed by atoms with van der Waals surface area (Å²) in [4.78, 5) is 0. The van der Waals surface area contributed by atoms with Gasteiger partial charge in [0.25, 0.3) is 5.92 Å². The van der Waals surface area contributed by atoms with Gasteiger partial charge in [-0.2, -0.15) is 13.2 Å². The van der Waals surface area contributed by atoms with E-state index in [-0.39, 0.29) is 0 Å². The molecule has 0 rings (SSSR count). The highest BCUT2D eigenvalue weighted by molar-refractivity contribution is 4.77. The van der Waals surface area contributed by atoms with Crippen molar-refractivity contribution in [3.63, 3.8) is 0 Å². The molecule has 0 aromatic heterocycles. The zero-order valence-electron chi connectivity index (χ0n) is 4.55. The molecule has 0 spiro atoms. The molecule has 0 unspecified atom stereocenters. The minimum Gasteiger partial charge on any atom is -0.237 e. The third-order valence-corrected chi connectivity index (χ3v) is 0.596. The van der Waals surface area contributed by atoms with Crippen LogP contribution in [0.25, 0.3) is 0 Å². The van der Waals surface area contributed by atoms with Crippen molar-refractivity contribution >= 4 is 0 Å². The molecule has 0 saturated heterocycles. The average molecular weight is 165 g/mol. The van der Waals surface area contributed by atoms with Crippen molar-refractivity contribution in [1.29, 1.82) is 0 Å². The molecule has 6 heteroatoms. The first-order chi connectivity index (χ1) is 4.27. The van der Waals surface area contributed by atoms with Gasteiger partial charge >= 0.3 is 6.18 Å². The normalized spacial score (nSPS) is 13.8. The van der Waals surface area contributed by atoms with Crippen LogP contribution in [0, 0.1) is 6.67 Å². The van der Waals surface area contributed by atoms with E-state index >= 15 is 0 Å². The Balaban J connectivity index is 3.89. The van der Waals surface area contributed by atoms with Gasteiger partial charge in [-0.15, -0.1) is 0 Å². The van der Waals surface area contributed by atoms with Crippen molar-refractivity contribution in [2.24, 2.45) is 0 Å². The van der Waals surface area contributed by atoms with Crippen LogP contribution in [0.3, 0.4) is 0 Å². The number of alkyl halides is 5. The monoisotopic (exact) mass is 165 g/mol. The van der Waals surface area contributed by atoms with Gasteiger partial charge in [0, 0.05) is 0 Å². The third-order valence-electron chi connectivity index (χ3n) is 0.596. The van der Waals surface area contributed by atoms with Crippen LogP contribution in [-0.4, -0.2) is 12.1 Å². The lowest BCUT2D eigenvalue weighted by atomic mass is 10.2. The lowest BCUT2D eigenvalue weighted by Crippen LogP contribution is -2.24. The van der Waals surface area contributed by atoms with E-state index < -0.39 is 25.2 Å². The summed E-state index contributed by atoms with van der Waals surface area (Å²) in [7, 11) is 0. The Bertz CT molecular complexity index is 103. The minimum atomic E-state index is -5.04. The number of rotatable bonds is 2. The number of hydrogen-bond acceptors (Lipinski definition) is 0. The smallest absolute Gasteiger partial charge is 0.237 e. The largest absolute Gasteiger partial charge is 0.394 e. The zero-order chi connectivity index (χ0) is 8.41. The summed E-state index contributed by atoms with van der Waals surface area (Å²) in [5.41, 5.74) is 0. The van der Waals surface area contributed by atoms with Crippen LogP contribution in [0.15, 0.2) is 0 Å². The average Bonchev–Trinajstić information content (AvgIpc) is 1.60. The summed E-state index contributed by atoms with van der Waals surface area (Å²) in [6.45, 7) is -1.26. The lowest BCUT2D eigenvalue weighted by molar-refractivity contribution is -0.183. The van der Waals surface area contributed by atoms with E-state index in [0.29, 0.717) is 0 Å². The van der Waals surface area contributed by atoms with Crippen LogP contribution in [0.2, 0.25) is 0 Å². The number of halogens is 6.